The lowest BCUT2D eigenvalue weighted by molar-refractivity contribution is 0.158. The SMILES string of the molecule is C1=CCOCC1.Cl.O=C(O)Cl. The van der Waals surface area contributed by atoms with E-state index in [1.165, 1.54) is 0 Å². The van der Waals surface area contributed by atoms with Crippen molar-refractivity contribution >= 4 is 29.4 Å². The molecule has 0 radical (unpaired) electrons. The van der Waals surface area contributed by atoms with E-state index in [2.05, 4.69) is 17.7 Å². The Morgan fingerprint density at radius 3 is 2.18 bits per heavy atom. The first-order chi connectivity index (χ1) is 4.73. The van der Waals surface area contributed by atoms with Crippen molar-refractivity contribution in [3.8, 4) is 0 Å². The number of rotatable bonds is 0. The first-order valence-corrected chi connectivity index (χ1v) is 3.22. The van der Waals surface area contributed by atoms with Gasteiger partial charge in [0.2, 0.25) is 0 Å². The molecule has 1 aliphatic rings. The molecule has 0 unspecified atom stereocenters. The standard InChI is InChI=1S/C5H8O.CHClO2.ClH/c1-2-4-6-5-3-1;2-1(3)4;/h1-2H,3-5H2;(H,3,4);1H. The number of halogens is 2. The fraction of sp³-hybridized carbons (Fsp3) is 0.500. The zero-order chi connectivity index (χ0) is 7.82. The van der Waals surface area contributed by atoms with Crippen LogP contribution in [0.5, 0.6) is 0 Å². The quantitative estimate of drug-likeness (QED) is 0.483. The fourth-order valence-electron chi connectivity index (χ4n) is 0.489. The number of carboxylic acid groups (broad SMARTS) is 1. The van der Waals surface area contributed by atoms with Crippen molar-refractivity contribution < 1.29 is 14.6 Å². The van der Waals surface area contributed by atoms with Gasteiger partial charge in [-0.2, -0.15) is 0 Å². The van der Waals surface area contributed by atoms with E-state index < -0.39 is 5.43 Å². The maximum atomic E-state index is 8.77. The van der Waals surface area contributed by atoms with Crippen LogP contribution in [0.1, 0.15) is 6.42 Å². The van der Waals surface area contributed by atoms with Crippen molar-refractivity contribution in [2.45, 2.75) is 6.42 Å². The molecular weight excluding hydrogens is 191 g/mol. The third-order valence-electron chi connectivity index (χ3n) is 0.810. The van der Waals surface area contributed by atoms with Gasteiger partial charge in [-0.05, 0) is 6.42 Å². The molecule has 0 fully saturated rings. The Balaban J connectivity index is 0. The molecule has 0 atom stereocenters. The second-order valence-corrected chi connectivity index (χ2v) is 1.91. The summed E-state index contributed by atoms with van der Waals surface area (Å²) in [4.78, 5) is 8.77. The predicted molar refractivity (Wildman–Crippen MR) is 45.7 cm³/mol. The molecule has 3 nitrogen and oxygen atoms in total. The zero-order valence-electron chi connectivity index (χ0n) is 5.83. The molecule has 0 saturated carbocycles. The van der Waals surface area contributed by atoms with Crippen LogP contribution in [0, 0.1) is 0 Å². The van der Waals surface area contributed by atoms with Gasteiger partial charge in [-0.1, -0.05) is 12.2 Å². The summed E-state index contributed by atoms with van der Waals surface area (Å²) < 4.78 is 4.98. The highest BCUT2D eigenvalue weighted by molar-refractivity contribution is 6.60. The van der Waals surface area contributed by atoms with Crippen LogP contribution in [0.3, 0.4) is 0 Å². The third-order valence-corrected chi connectivity index (χ3v) is 0.810. The largest absolute Gasteiger partial charge is 0.469 e. The minimum atomic E-state index is -1.36. The second-order valence-electron chi connectivity index (χ2n) is 1.59. The third kappa shape index (κ3) is 17.7. The summed E-state index contributed by atoms with van der Waals surface area (Å²) in [6.07, 6.45) is 5.28. The predicted octanol–water partition coefficient (Wildman–Crippen LogP) is 2.29. The van der Waals surface area contributed by atoms with Gasteiger partial charge in [0.05, 0.1) is 13.2 Å². The Kier molecular flexibility index (Phi) is 11.8. The summed E-state index contributed by atoms with van der Waals surface area (Å²) in [6, 6.07) is 0. The molecule has 0 aliphatic carbocycles. The summed E-state index contributed by atoms with van der Waals surface area (Å²) in [6.45, 7) is 1.73. The maximum absolute atomic E-state index is 8.77. The van der Waals surface area contributed by atoms with E-state index in [0.29, 0.717) is 0 Å². The van der Waals surface area contributed by atoms with Gasteiger partial charge < -0.3 is 9.84 Å². The molecule has 1 heterocycles. The molecule has 1 aliphatic heterocycles. The maximum Gasteiger partial charge on any atom is 0.401 e. The van der Waals surface area contributed by atoms with Gasteiger partial charge in [0.1, 0.15) is 0 Å². The van der Waals surface area contributed by atoms with Gasteiger partial charge in [-0.25, -0.2) is 4.79 Å². The summed E-state index contributed by atoms with van der Waals surface area (Å²) >= 11 is 4.19. The average molecular weight is 201 g/mol. The summed E-state index contributed by atoms with van der Waals surface area (Å²) in [7, 11) is 0. The topological polar surface area (TPSA) is 46.5 Å². The van der Waals surface area contributed by atoms with Crippen LogP contribution < -0.4 is 0 Å². The van der Waals surface area contributed by atoms with Crippen molar-refractivity contribution in [2.24, 2.45) is 0 Å². The average Bonchev–Trinajstić information content (AvgIpc) is 1.90. The lowest BCUT2D eigenvalue weighted by Gasteiger charge is -2.00. The summed E-state index contributed by atoms with van der Waals surface area (Å²) in [5.41, 5.74) is -1.36. The molecule has 5 heteroatoms. The molecule has 0 bridgehead atoms. The molecule has 0 aromatic carbocycles. The Hall–Kier alpha value is -0.250. The lowest BCUT2D eigenvalue weighted by atomic mass is 10.3. The van der Waals surface area contributed by atoms with E-state index in [0.717, 1.165) is 19.6 Å². The van der Waals surface area contributed by atoms with Crippen LogP contribution >= 0.6 is 24.0 Å². The lowest BCUT2D eigenvalue weighted by Crippen LogP contribution is -1.96. The van der Waals surface area contributed by atoms with Gasteiger partial charge in [0.15, 0.2) is 0 Å². The smallest absolute Gasteiger partial charge is 0.401 e. The van der Waals surface area contributed by atoms with Crippen LogP contribution in [-0.2, 0) is 4.74 Å². The highest BCUT2D eigenvalue weighted by atomic mass is 35.5. The molecule has 0 aromatic heterocycles. The molecule has 1 N–H and O–H groups in total. The normalized spacial score (nSPS) is 13.9. The molecule has 1 rings (SSSR count). The molecular formula is C6H10Cl2O3. The van der Waals surface area contributed by atoms with E-state index >= 15 is 0 Å². The van der Waals surface area contributed by atoms with E-state index in [-0.39, 0.29) is 12.4 Å². The Labute approximate surface area is 76.4 Å². The second kappa shape index (κ2) is 9.75. The van der Waals surface area contributed by atoms with E-state index in [9.17, 15) is 0 Å². The highest BCUT2D eigenvalue weighted by Gasteiger charge is 1.85. The van der Waals surface area contributed by atoms with E-state index in [1.54, 1.807) is 0 Å². The zero-order valence-corrected chi connectivity index (χ0v) is 7.40. The Morgan fingerprint density at radius 1 is 1.55 bits per heavy atom. The first-order valence-electron chi connectivity index (χ1n) is 2.84. The van der Waals surface area contributed by atoms with Crippen molar-refractivity contribution in [2.75, 3.05) is 13.2 Å². The fourth-order valence-corrected chi connectivity index (χ4v) is 0.489. The number of hydrogen-bond donors (Lipinski definition) is 1. The first kappa shape index (κ1) is 13.3. The van der Waals surface area contributed by atoms with Crippen LogP contribution in [0.25, 0.3) is 0 Å². The van der Waals surface area contributed by atoms with Gasteiger partial charge in [-0.15, -0.1) is 12.4 Å². The molecule has 0 aromatic rings. The van der Waals surface area contributed by atoms with Crippen molar-refractivity contribution in [3.05, 3.63) is 12.2 Å². The van der Waals surface area contributed by atoms with Crippen LogP contribution in [-0.4, -0.2) is 23.7 Å². The monoisotopic (exact) mass is 200 g/mol. The van der Waals surface area contributed by atoms with E-state index in [1.807, 2.05) is 6.08 Å². The Morgan fingerprint density at radius 2 is 2.09 bits per heavy atom. The minimum absolute atomic E-state index is 0. The van der Waals surface area contributed by atoms with Crippen LogP contribution in [0.15, 0.2) is 12.2 Å². The summed E-state index contributed by atoms with van der Waals surface area (Å²) in [5.74, 6) is 0. The van der Waals surface area contributed by atoms with Crippen LogP contribution in [0.4, 0.5) is 4.79 Å². The number of hydrogen-bond acceptors (Lipinski definition) is 2. The molecule has 11 heavy (non-hydrogen) atoms. The molecule has 0 saturated heterocycles. The van der Waals surface area contributed by atoms with Gasteiger partial charge in [-0.3, -0.25) is 0 Å². The molecule has 0 spiro atoms. The van der Waals surface area contributed by atoms with Crippen molar-refractivity contribution in [1.82, 2.24) is 0 Å². The van der Waals surface area contributed by atoms with Gasteiger partial charge in [0, 0.05) is 11.6 Å². The molecule has 66 valence electrons. The van der Waals surface area contributed by atoms with Crippen LogP contribution in [0.2, 0.25) is 0 Å². The number of ether oxygens (including phenoxy) is 1. The van der Waals surface area contributed by atoms with Crippen molar-refractivity contribution in [3.63, 3.8) is 0 Å². The highest BCUT2D eigenvalue weighted by Crippen LogP contribution is 1.91. The molecule has 0 amide bonds. The summed E-state index contributed by atoms with van der Waals surface area (Å²) in [5, 5.41) is 7.18. The Bertz CT molecular complexity index is 113. The number of carbonyl (C=O) groups is 1. The van der Waals surface area contributed by atoms with Gasteiger partial charge in [0.25, 0.3) is 0 Å². The minimum Gasteiger partial charge on any atom is -0.469 e. The van der Waals surface area contributed by atoms with Crippen molar-refractivity contribution in [1.29, 1.82) is 0 Å². The van der Waals surface area contributed by atoms with Gasteiger partial charge >= 0.3 is 5.43 Å². The van der Waals surface area contributed by atoms with E-state index in [4.69, 9.17) is 14.6 Å².